The van der Waals surface area contributed by atoms with Gasteiger partial charge in [0, 0.05) is 5.02 Å². The predicted molar refractivity (Wildman–Crippen MR) is 92.9 cm³/mol. The molecule has 0 radical (unpaired) electrons. The van der Waals surface area contributed by atoms with Crippen LogP contribution in [0.1, 0.15) is 12.5 Å². The van der Waals surface area contributed by atoms with Crippen molar-refractivity contribution in [2.24, 2.45) is 0 Å². The zero-order valence-corrected chi connectivity index (χ0v) is 16.0. The quantitative estimate of drug-likeness (QED) is 0.742. The zero-order valence-electron chi connectivity index (χ0n) is 13.7. The van der Waals surface area contributed by atoms with Crippen LogP contribution in [0.3, 0.4) is 0 Å². The lowest BCUT2D eigenvalue weighted by atomic mass is 10.2. The second-order valence-electron chi connectivity index (χ2n) is 5.69. The van der Waals surface area contributed by atoms with Gasteiger partial charge >= 0.3 is 6.09 Å². The molecule has 0 aromatic heterocycles. The van der Waals surface area contributed by atoms with Gasteiger partial charge in [-0.3, -0.25) is 0 Å². The summed E-state index contributed by atoms with van der Waals surface area (Å²) in [5.41, 5.74) is 0.465. The lowest BCUT2D eigenvalue weighted by molar-refractivity contribution is 0.148. The molecule has 140 valence electrons. The van der Waals surface area contributed by atoms with Crippen LogP contribution in [0.5, 0.6) is 0 Å². The van der Waals surface area contributed by atoms with Crippen LogP contribution >= 0.6 is 11.6 Å². The molecular formula is C14H19ClN2O6S2. The smallest absolute Gasteiger partial charge is 0.407 e. The fraction of sp³-hybridized carbons (Fsp3) is 0.500. The van der Waals surface area contributed by atoms with Crippen molar-refractivity contribution in [3.63, 3.8) is 0 Å². The first kappa shape index (κ1) is 20.0. The number of sulfonamides is 1. The van der Waals surface area contributed by atoms with E-state index < -0.39 is 43.8 Å². The Balaban J connectivity index is 2.26. The maximum absolute atomic E-state index is 12.6. The van der Waals surface area contributed by atoms with E-state index in [4.69, 9.17) is 16.3 Å². The molecule has 1 amide bonds. The predicted octanol–water partition coefficient (Wildman–Crippen LogP) is 0.838. The highest BCUT2D eigenvalue weighted by molar-refractivity contribution is 7.92. The van der Waals surface area contributed by atoms with E-state index in [0.717, 1.165) is 0 Å². The molecular weight excluding hydrogens is 392 g/mol. The van der Waals surface area contributed by atoms with E-state index >= 15 is 0 Å². The van der Waals surface area contributed by atoms with Crippen molar-refractivity contribution in [1.82, 2.24) is 10.0 Å². The summed E-state index contributed by atoms with van der Waals surface area (Å²) in [6.07, 6.45) is -0.798. The molecule has 1 saturated heterocycles. The van der Waals surface area contributed by atoms with E-state index in [1.165, 1.54) is 6.07 Å². The zero-order chi connectivity index (χ0) is 18.8. The van der Waals surface area contributed by atoms with Gasteiger partial charge in [-0.1, -0.05) is 17.7 Å². The molecule has 25 heavy (non-hydrogen) atoms. The Morgan fingerprint density at radius 2 is 1.96 bits per heavy atom. The molecule has 2 rings (SSSR count). The van der Waals surface area contributed by atoms with Crippen LogP contribution in [0.2, 0.25) is 5.02 Å². The Bertz CT molecular complexity index is 869. The summed E-state index contributed by atoms with van der Waals surface area (Å²) in [6.45, 7) is 3.32. The van der Waals surface area contributed by atoms with Gasteiger partial charge in [0.15, 0.2) is 9.84 Å². The summed E-state index contributed by atoms with van der Waals surface area (Å²) in [5, 5.41) is 2.63. The topological polar surface area (TPSA) is 119 Å². The number of benzene rings is 1. The first-order chi connectivity index (χ1) is 11.5. The van der Waals surface area contributed by atoms with Crippen molar-refractivity contribution in [3.05, 3.63) is 28.8 Å². The lowest BCUT2D eigenvalue weighted by Gasteiger charge is -2.21. The number of hydrogen-bond donors (Lipinski definition) is 2. The van der Waals surface area contributed by atoms with Gasteiger partial charge in [0.1, 0.15) is 0 Å². The third-order valence-corrected chi connectivity index (χ3v) is 7.28. The lowest BCUT2D eigenvalue weighted by Crippen LogP contribution is -2.51. The number of nitrogens with one attached hydrogen (secondary N) is 2. The molecule has 1 aromatic carbocycles. The van der Waals surface area contributed by atoms with Gasteiger partial charge in [-0.25, -0.2) is 26.4 Å². The van der Waals surface area contributed by atoms with Crippen LogP contribution < -0.4 is 10.0 Å². The minimum absolute atomic E-state index is 0.0424. The average molecular weight is 411 g/mol. The van der Waals surface area contributed by atoms with Gasteiger partial charge in [0.25, 0.3) is 0 Å². The molecule has 0 aliphatic carbocycles. The first-order valence-electron chi connectivity index (χ1n) is 7.46. The van der Waals surface area contributed by atoms with Gasteiger partial charge in [-0.05, 0) is 31.5 Å². The summed E-state index contributed by atoms with van der Waals surface area (Å²) < 4.78 is 56.1. The van der Waals surface area contributed by atoms with Crippen LogP contribution in [0.25, 0.3) is 0 Å². The maximum Gasteiger partial charge on any atom is 0.407 e. The maximum atomic E-state index is 12.6. The number of hydrogen-bond acceptors (Lipinski definition) is 6. The van der Waals surface area contributed by atoms with Gasteiger partial charge in [-0.2, -0.15) is 0 Å². The van der Waals surface area contributed by atoms with Crippen LogP contribution in [0.15, 0.2) is 23.1 Å². The average Bonchev–Trinajstić information content (AvgIpc) is 2.74. The Hall–Kier alpha value is -1.36. The number of aryl methyl sites for hydroxylation is 1. The number of carbonyl (C=O) groups excluding carboxylic acids is 1. The van der Waals surface area contributed by atoms with Gasteiger partial charge in [0.2, 0.25) is 10.0 Å². The number of alkyl carbamates (subject to hydrolysis) is 1. The molecule has 1 heterocycles. The summed E-state index contributed by atoms with van der Waals surface area (Å²) in [4.78, 5) is 11.5. The molecule has 1 aliphatic heterocycles. The van der Waals surface area contributed by atoms with E-state index in [-0.39, 0.29) is 22.3 Å². The molecule has 2 atom stereocenters. The third-order valence-electron chi connectivity index (χ3n) is 3.68. The van der Waals surface area contributed by atoms with Crippen molar-refractivity contribution in [2.75, 3.05) is 18.1 Å². The Kier molecular flexibility index (Phi) is 5.97. The van der Waals surface area contributed by atoms with Gasteiger partial charge in [-0.15, -0.1) is 0 Å². The second kappa shape index (κ2) is 7.48. The first-order valence-corrected chi connectivity index (χ1v) is 11.1. The Morgan fingerprint density at radius 1 is 1.32 bits per heavy atom. The van der Waals surface area contributed by atoms with Crippen molar-refractivity contribution in [3.8, 4) is 0 Å². The number of carbonyl (C=O) groups is 1. The molecule has 0 saturated carbocycles. The molecule has 2 N–H and O–H groups in total. The Morgan fingerprint density at radius 3 is 2.60 bits per heavy atom. The molecule has 0 bridgehead atoms. The molecule has 11 heteroatoms. The van der Waals surface area contributed by atoms with E-state index in [0.29, 0.717) is 5.56 Å². The monoisotopic (exact) mass is 410 g/mol. The highest BCUT2D eigenvalue weighted by Gasteiger charge is 2.41. The van der Waals surface area contributed by atoms with Crippen LogP contribution in [0.4, 0.5) is 4.79 Å². The fourth-order valence-electron chi connectivity index (χ4n) is 2.56. The van der Waals surface area contributed by atoms with Crippen LogP contribution in [-0.2, 0) is 24.6 Å². The molecule has 1 aromatic rings. The Labute approximate surface area is 151 Å². The van der Waals surface area contributed by atoms with Gasteiger partial charge in [0.05, 0.1) is 35.1 Å². The standard InChI is InChI=1S/C14H19ClN2O6S2/c1-3-23-14(18)16-11-7-24(19,20)8-12(11)17-25(21,22)13-6-10(15)5-4-9(13)2/h4-6,11-12,17H,3,7-8H2,1-2H3,(H,16,18)/t11-,12+/m1/s1. The SMILES string of the molecule is CCOC(=O)N[C@@H]1CS(=O)(=O)C[C@@H]1NS(=O)(=O)c1cc(Cl)ccc1C. The number of amides is 1. The molecule has 1 fully saturated rings. The van der Waals surface area contributed by atoms with E-state index in [9.17, 15) is 21.6 Å². The number of rotatable bonds is 5. The van der Waals surface area contributed by atoms with Crippen LogP contribution in [-0.4, -0.2) is 53.1 Å². The highest BCUT2D eigenvalue weighted by Crippen LogP contribution is 2.22. The van der Waals surface area contributed by atoms with Crippen molar-refractivity contribution >= 4 is 37.6 Å². The number of halogens is 1. The van der Waals surface area contributed by atoms with Crippen LogP contribution in [0, 0.1) is 6.92 Å². The molecule has 8 nitrogen and oxygen atoms in total. The molecule has 0 spiro atoms. The fourth-order valence-corrected chi connectivity index (χ4v) is 6.31. The second-order valence-corrected chi connectivity index (χ2v) is 9.96. The largest absolute Gasteiger partial charge is 0.450 e. The number of ether oxygens (including phenoxy) is 1. The minimum atomic E-state index is -4.02. The highest BCUT2D eigenvalue weighted by atomic mass is 35.5. The summed E-state index contributed by atoms with van der Waals surface area (Å²) >= 11 is 5.86. The normalized spacial score (nSPS) is 22.5. The molecule has 1 aliphatic rings. The number of sulfone groups is 1. The van der Waals surface area contributed by atoms with E-state index in [1.54, 1.807) is 26.0 Å². The van der Waals surface area contributed by atoms with E-state index in [2.05, 4.69) is 10.0 Å². The third kappa shape index (κ3) is 5.06. The van der Waals surface area contributed by atoms with Crippen molar-refractivity contribution in [1.29, 1.82) is 0 Å². The summed E-state index contributed by atoms with van der Waals surface area (Å²) in [6, 6.07) is 2.48. The van der Waals surface area contributed by atoms with Crippen molar-refractivity contribution in [2.45, 2.75) is 30.8 Å². The van der Waals surface area contributed by atoms with Crippen molar-refractivity contribution < 1.29 is 26.4 Å². The minimum Gasteiger partial charge on any atom is -0.450 e. The molecule has 0 unspecified atom stereocenters. The van der Waals surface area contributed by atoms with E-state index in [1.807, 2.05) is 0 Å². The summed E-state index contributed by atoms with van der Waals surface area (Å²) in [5.74, 6) is -0.781. The summed E-state index contributed by atoms with van der Waals surface area (Å²) in [7, 11) is -7.52. The van der Waals surface area contributed by atoms with Gasteiger partial charge < -0.3 is 10.1 Å².